The van der Waals surface area contributed by atoms with E-state index in [0.29, 0.717) is 6.54 Å². The molecule has 0 bridgehead atoms. The molecule has 19 heavy (non-hydrogen) atoms. The van der Waals surface area contributed by atoms with Gasteiger partial charge in [0.25, 0.3) is 0 Å². The molecule has 0 aliphatic carbocycles. The van der Waals surface area contributed by atoms with Crippen LogP contribution in [0.3, 0.4) is 0 Å². The molecule has 1 aromatic carbocycles. The Kier molecular flexibility index (Phi) is 6.48. The van der Waals surface area contributed by atoms with Crippen molar-refractivity contribution in [3.8, 4) is 0 Å². The van der Waals surface area contributed by atoms with E-state index in [1.807, 2.05) is 6.92 Å². The summed E-state index contributed by atoms with van der Waals surface area (Å²) in [4.78, 5) is 0.269. The Hall–Kier alpha value is -0.910. The molecule has 2 N–H and O–H groups in total. The monoisotopic (exact) mass is 285 g/mol. The van der Waals surface area contributed by atoms with Crippen LogP contribution >= 0.6 is 0 Å². The maximum Gasteiger partial charge on any atom is 0.180 e. The van der Waals surface area contributed by atoms with Crippen LogP contribution in [0.15, 0.2) is 29.2 Å². The van der Waals surface area contributed by atoms with Crippen LogP contribution in [0, 0.1) is 6.92 Å². The summed E-state index contributed by atoms with van der Waals surface area (Å²) in [6, 6.07) is 6.70. The number of benzene rings is 1. The Morgan fingerprint density at radius 2 is 1.89 bits per heavy atom. The Balaban J connectivity index is 2.52. The van der Waals surface area contributed by atoms with E-state index in [2.05, 4.69) is 12.2 Å². The smallest absolute Gasteiger partial charge is 0.180 e. The second kappa shape index (κ2) is 7.62. The van der Waals surface area contributed by atoms with Crippen molar-refractivity contribution in [3.05, 3.63) is 29.8 Å². The summed E-state index contributed by atoms with van der Waals surface area (Å²) in [7, 11) is -3.41. The molecule has 0 saturated heterocycles. The van der Waals surface area contributed by atoms with Gasteiger partial charge in [-0.25, -0.2) is 8.42 Å². The van der Waals surface area contributed by atoms with Crippen LogP contribution in [0.25, 0.3) is 0 Å². The highest BCUT2D eigenvalue weighted by atomic mass is 32.2. The summed E-state index contributed by atoms with van der Waals surface area (Å²) in [5.41, 5.74) is 1.01. The van der Waals surface area contributed by atoms with Crippen LogP contribution in [0.2, 0.25) is 0 Å². The normalized spacial score (nSPS) is 13.4. The van der Waals surface area contributed by atoms with Crippen LogP contribution in [0.4, 0.5) is 0 Å². The van der Waals surface area contributed by atoms with Crippen LogP contribution in [-0.4, -0.2) is 38.5 Å². The zero-order chi connectivity index (χ0) is 14.3. The third-order valence-corrected chi connectivity index (χ3v) is 4.69. The summed E-state index contributed by atoms with van der Waals surface area (Å²) in [5.74, 6) is -0.241. The standard InChI is InChI=1S/C14H23NO3S/c1-3-4-9-15-10-13(16)11-19(17,18)14-7-5-12(2)6-8-14/h5-8,13,15-16H,3-4,9-11H2,1-2H3/t13-/m1/s1. The molecule has 0 saturated carbocycles. The van der Waals surface area contributed by atoms with Crippen LogP contribution in [0.1, 0.15) is 25.3 Å². The Morgan fingerprint density at radius 3 is 2.47 bits per heavy atom. The molecule has 0 unspecified atom stereocenters. The van der Waals surface area contributed by atoms with Gasteiger partial charge in [0.15, 0.2) is 9.84 Å². The van der Waals surface area contributed by atoms with Crippen molar-refractivity contribution in [3.63, 3.8) is 0 Å². The molecule has 0 aliphatic rings. The van der Waals surface area contributed by atoms with Gasteiger partial charge in [-0.15, -0.1) is 0 Å². The summed E-state index contributed by atoms with van der Waals surface area (Å²) in [6.45, 7) is 5.10. The van der Waals surface area contributed by atoms with Gasteiger partial charge in [-0.2, -0.15) is 0 Å². The second-order valence-electron chi connectivity index (χ2n) is 4.81. The van der Waals surface area contributed by atoms with E-state index in [1.54, 1.807) is 24.3 Å². The number of sulfone groups is 1. The van der Waals surface area contributed by atoms with Crippen molar-refractivity contribution < 1.29 is 13.5 Å². The molecule has 4 nitrogen and oxygen atoms in total. The van der Waals surface area contributed by atoms with Crippen molar-refractivity contribution >= 4 is 9.84 Å². The SMILES string of the molecule is CCCCNC[C@@H](O)CS(=O)(=O)c1ccc(C)cc1. The van der Waals surface area contributed by atoms with E-state index < -0.39 is 15.9 Å². The number of rotatable bonds is 8. The molecule has 1 rings (SSSR count). The molecular weight excluding hydrogens is 262 g/mol. The van der Waals surface area contributed by atoms with Gasteiger partial charge in [-0.05, 0) is 32.0 Å². The lowest BCUT2D eigenvalue weighted by Gasteiger charge is -2.12. The van der Waals surface area contributed by atoms with E-state index in [1.165, 1.54) is 0 Å². The quantitative estimate of drug-likeness (QED) is 0.711. The van der Waals surface area contributed by atoms with Gasteiger partial charge in [0, 0.05) is 6.54 Å². The molecular formula is C14H23NO3S. The van der Waals surface area contributed by atoms with Gasteiger partial charge in [-0.3, -0.25) is 0 Å². The first-order valence-electron chi connectivity index (χ1n) is 6.64. The van der Waals surface area contributed by atoms with E-state index in [-0.39, 0.29) is 10.6 Å². The van der Waals surface area contributed by atoms with Crippen molar-refractivity contribution in [2.75, 3.05) is 18.8 Å². The largest absolute Gasteiger partial charge is 0.391 e. The van der Waals surface area contributed by atoms with Crippen LogP contribution in [0.5, 0.6) is 0 Å². The van der Waals surface area contributed by atoms with E-state index in [0.717, 1.165) is 24.9 Å². The first-order chi connectivity index (χ1) is 8.95. The zero-order valence-electron chi connectivity index (χ0n) is 11.6. The third-order valence-electron chi connectivity index (χ3n) is 2.88. The molecule has 108 valence electrons. The number of unbranched alkanes of at least 4 members (excludes halogenated alkanes) is 1. The molecule has 1 atom stereocenters. The first-order valence-corrected chi connectivity index (χ1v) is 8.29. The van der Waals surface area contributed by atoms with Gasteiger partial charge in [0.2, 0.25) is 0 Å². The van der Waals surface area contributed by atoms with Crippen LogP contribution in [-0.2, 0) is 9.84 Å². The van der Waals surface area contributed by atoms with Crippen LogP contribution < -0.4 is 5.32 Å². The number of aryl methyl sites for hydroxylation is 1. The molecule has 0 heterocycles. The number of hydrogen-bond acceptors (Lipinski definition) is 4. The fraction of sp³-hybridized carbons (Fsp3) is 0.571. The number of aliphatic hydroxyl groups is 1. The van der Waals surface area contributed by atoms with E-state index in [9.17, 15) is 13.5 Å². The summed E-state index contributed by atoms with van der Waals surface area (Å²) in [5, 5.41) is 12.8. The fourth-order valence-electron chi connectivity index (χ4n) is 1.72. The second-order valence-corrected chi connectivity index (χ2v) is 6.84. The minimum atomic E-state index is -3.41. The maximum absolute atomic E-state index is 12.1. The van der Waals surface area contributed by atoms with Crippen molar-refractivity contribution in [1.82, 2.24) is 5.32 Å². The number of hydrogen-bond donors (Lipinski definition) is 2. The van der Waals surface area contributed by atoms with Gasteiger partial charge in [0.1, 0.15) is 0 Å². The predicted octanol–water partition coefficient (Wildman–Crippen LogP) is 1.52. The average Bonchev–Trinajstić information content (AvgIpc) is 2.34. The zero-order valence-corrected chi connectivity index (χ0v) is 12.4. The molecule has 0 amide bonds. The lowest BCUT2D eigenvalue weighted by Crippen LogP contribution is -2.33. The molecule has 0 aliphatic heterocycles. The van der Waals surface area contributed by atoms with Crippen molar-refractivity contribution in [2.24, 2.45) is 0 Å². The predicted molar refractivity (Wildman–Crippen MR) is 77.0 cm³/mol. The van der Waals surface area contributed by atoms with Gasteiger partial charge < -0.3 is 10.4 Å². The minimum Gasteiger partial charge on any atom is -0.391 e. The Labute approximate surface area is 115 Å². The third kappa shape index (κ3) is 5.72. The maximum atomic E-state index is 12.1. The first kappa shape index (κ1) is 16.1. The van der Waals surface area contributed by atoms with E-state index >= 15 is 0 Å². The molecule has 1 aromatic rings. The highest BCUT2D eigenvalue weighted by Gasteiger charge is 2.19. The highest BCUT2D eigenvalue weighted by molar-refractivity contribution is 7.91. The van der Waals surface area contributed by atoms with Crippen molar-refractivity contribution in [1.29, 1.82) is 0 Å². The number of aliphatic hydroxyl groups excluding tert-OH is 1. The average molecular weight is 285 g/mol. The molecule has 0 radical (unpaired) electrons. The molecule has 0 spiro atoms. The summed E-state index contributed by atoms with van der Waals surface area (Å²) in [6.07, 6.45) is 1.23. The Morgan fingerprint density at radius 1 is 1.26 bits per heavy atom. The molecule has 0 fully saturated rings. The van der Waals surface area contributed by atoms with Gasteiger partial charge in [-0.1, -0.05) is 31.0 Å². The summed E-state index contributed by atoms with van der Waals surface area (Å²) < 4.78 is 24.1. The lowest BCUT2D eigenvalue weighted by atomic mass is 10.2. The topological polar surface area (TPSA) is 66.4 Å². The minimum absolute atomic E-state index is 0.241. The summed E-state index contributed by atoms with van der Waals surface area (Å²) >= 11 is 0. The van der Waals surface area contributed by atoms with Gasteiger partial charge >= 0.3 is 0 Å². The number of nitrogens with one attached hydrogen (secondary N) is 1. The molecule has 0 aromatic heterocycles. The Bertz CT molecular complexity index is 468. The lowest BCUT2D eigenvalue weighted by molar-refractivity contribution is 0.193. The fourth-order valence-corrected chi connectivity index (χ4v) is 3.09. The van der Waals surface area contributed by atoms with E-state index in [4.69, 9.17) is 0 Å². The van der Waals surface area contributed by atoms with Crippen molar-refractivity contribution in [2.45, 2.75) is 37.7 Å². The highest BCUT2D eigenvalue weighted by Crippen LogP contribution is 2.13. The molecule has 5 heteroatoms. The van der Waals surface area contributed by atoms with Gasteiger partial charge in [0.05, 0.1) is 16.8 Å².